The van der Waals surface area contributed by atoms with Gasteiger partial charge < -0.3 is 10.4 Å². The number of rotatable bonds is 3. The summed E-state index contributed by atoms with van der Waals surface area (Å²) < 4.78 is 0.868. The number of nitrogens with zero attached hydrogens (tertiary/aromatic N) is 1. The number of aromatic nitrogens is 1. The van der Waals surface area contributed by atoms with E-state index in [0.29, 0.717) is 17.0 Å². The van der Waals surface area contributed by atoms with E-state index in [4.69, 9.17) is 11.6 Å². The lowest BCUT2D eigenvalue weighted by Crippen LogP contribution is -2.34. The van der Waals surface area contributed by atoms with Gasteiger partial charge in [0, 0.05) is 24.8 Å². The number of hydrogen-bond donors (Lipinski definition) is 2. The molecule has 3 nitrogen and oxygen atoms in total. The smallest absolute Gasteiger partial charge is 0.140 e. The predicted octanol–water partition coefficient (Wildman–Crippen LogP) is 3.46. The Hall–Kier alpha value is -0.320. The third-order valence-corrected chi connectivity index (χ3v) is 4.08. The quantitative estimate of drug-likeness (QED) is 0.897. The molecule has 1 saturated carbocycles. The van der Waals surface area contributed by atoms with Crippen molar-refractivity contribution in [1.29, 1.82) is 0 Å². The second-order valence-electron chi connectivity index (χ2n) is 4.46. The van der Waals surface area contributed by atoms with Gasteiger partial charge in [0.05, 0.1) is 9.50 Å². The predicted molar refractivity (Wildman–Crippen MR) is 73.4 cm³/mol. The number of anilines is 1. The zero-order chi connectivity index (χ0) is 12.3. The van der Waals surface area contributed by atoms with Crippen LogP contribution in [0.2, 0.25) is 5.02 Å². The molecule has 0 spiro atoms. The summed E-state index contributed by atoms with van der Waals surface area (Å²) in [6.07, 6.45) is 6.21. The molecule has 94 valence electrons. The molecule has 1 aliphatic rings. The molecule has 2 rings (SSSR count). The van der Waals surface area contributed by atoms with Crippen molar-refractivity contribution in [2.75, 3.05) is 11.9 Å². The van der Waals surface area contributed by atoms with E-state index in [1.165, 1.54) is 12.8 Å². The Balaban J connectivity index is 2.08. The van der Waals surface area contributed by atoms with Gasteiger partial charge in [0.2, 0.25) is 0 Å². The summed E-state index contributed by atoms with van der Waals surface area (Å²) in [6.45, 7) is 0.239. The largest absolute Gasteiger partial charge is 0.396 e. The highest BCUT2D eigenvalue weighted by atomic mass is 79.9. The fraction of sp³-hybridized carbons (Fsp3) is 0.583. The molecule has 0 saturated heterocycles. The van der Waals surface area contributed by atoms with Crippen molar-refractivity contribution in [2.45, 2.75) is 31.7 Å². The first-order chi connectivity index (χ1) is 8.20. The molecule has 1 aromatic rings. The zero-order valence-electron chi connectivity index (χ0n) is 9.50. The molecule has 0 aliphatic heterocycles. The van der Waals surface area contributed by atoms with Crippen LogP contribution in [0.3, 0.4) is 0 Å². The number of aliphatic hydroxyl groups excluding tert-OH is 1. The lowest BCUT2D eigenvalue weighted by atomic mass is 9.85. The van der Waals surface area contributed by atoms with Crippen LogP contribution in [0, 0.1) is 5.92 Å². The van der Waals surface area contributed by atoms with Crippen molar-refractivity contribution in [2.24, 2.45) is 5.92 Å². The van der Waals surface area contributed by atoms with Gasteiger partial charge in [-0.25, -0.2) is 4.98 Å². The molecule has 1 heterocycles. The van der Waals surface area contributed by atoms with E-state index >= 15 is 0 Å². The second-order valence-corrected chi connectivity index (χ2v) is 5.75. The minimum Gasteiger partial charge on any atom is -0.396 e. The van der Waals surface area contributed by atoms with E-state index in [1.807, 2.05) is 6.07 Å². The van der Waals surface area contributed by atoms with Crippen molar-refractivity contribution >= 4 is 33.3 Å². The molecular formula is C12H16BrClN2O. The molecule has 0 amide bonds. The van der Waals surface area contributed by atoms with E-state index in [9.17, 15) is 5.11 Å². The monoisotopic (exact) mass is 318 g/mol. The molecule has 5 heteroatoms. The van der Waals surface area contributed by atoms with Crippen LogP contribution in [0.4, 0.5) is 5.82 Å². The van der Waals surface area contributed by atoms with Crippen LogP contribution in [0.25, 0.3) is 0 Å². The molecule has 17 heavy (non-hydrogen) atoms. The maximum absolute atomic E-state index is 9.36. The van der Waals surface area contributed by atoms with Gasteiger partial charge in [-0.1, -0.05) is 24.4 Å². The van der Waals surface area contributed by atoms with Crippen LogP contribution in [-0.2, 0) is 0 Å². The van der Waals surface area contributed by atoms with Gasteiger partial charge in [0.15, 0.2) is 0 Å². The summed E-state index contributed by atoms with van der Waals surface area (Å²) in [6, 6.07) is 2.13. The summed E-state index contributed by atoms with van der Waals surface area (Å²) in [4.78, 5) is 4.27. The van der Waals surface area contributed by atoms with E-state index in [0.717, 1.165) is 23.1 Å². The minimum absolute atomic E-state index is 0.239. The molecule has 1 aliphatic carbocycles. The highest BCUT2D eigenvalue weighted by molar-refractivity contribution is 9.10. The molecule has 2 N–H and O–H groups in total. The minimum atomic E-state index is 0.239. The van der Waals surface area contributed by atoms with E-state index in [1.54, 1.807) is 6.20 Å². The second kappa shape index (κ2) is 6.03. The third kappa shape index (κ3) is 3.33. The zero-order valence-corrected chi connectivity index (χ0v) is 11.8. The Bertz CT molecular complexity index is 389. The topological polar surface area (TPSA) is 45.1 Å². The molecule has 0 bridgehead atoms. The van der Waals surface area contributed by atoms with E-state index in [-0.39, 0.29) is 6.61 Å². The van der Waals surface area contributed by atoms with Gasteiger partial charge in [-0.15, -0.1) is 0 Å². The van der Waals surface area contributed by atoms with Crippen LogP contribution in [0.5, 0.6) is 0 Å². The lowest BCUT2D eigenvalue weighted by molar-refractivity contribution is 0.178. The van der Waals surface area contributed by atoms with Crippen molar-refractivity contribution in [3.05, 3.63) is 21.8 Å². The van der Waals surface area contributed by atoms with E-state index < -0.39 is 0 Å². The molecule has 2 unspecified atom stereocenters. The Morgan fingerprint density at radius 3 is 2.94 bits per heavy atom. The van der Waals surface area contributed by atoms with Crippen LogP contribution >= 0.6 is 27.5 Å². The van der Waals surface area contributed by atoms with Gasteiger partial charge in [-0.3, -0.25) is 0 Å². The fourth-order valence-electron chi connectivity index (χ4n) is 2.31. The number of nitrogens with one attached hydrogen (secondary N) is 1. The van der Waals surface area contributed by atoms with Crippen molar-refractivity contribution in [3.63, 3.8) is 0 Å². The van der Waals surface area contributed by atoms with Gasteiger partial charge in [-0.05, 0) is 34.8 Å². The van der Waals surface area contributed by atoms with Crippen molar-refractivity contribution in [1.82, 2.24) is 4.98 Å². The lowest BCUT2D eigenvalue weighted by Gasteiger charge is -2.31. The van der Waals surface area contributed by atoms with Crippen LogP contribution in [0.15, 0.2) is 16.7 Å². The number of aliphatic hydroxyl groups is 1. The molecule has 0 aromatic carbocycles. The van der Waals surface area contributed by atoms with Crippen molar-refractivity contribution in [3.8, 4) is 0 Å². The SMILES string of the molecule is OCC1CCCCC1Nc1ncc(Cl)cc1Br. The first-order valence-electron chi connectivity index (χ1n) is 5.89. The summed E-state index contributed by atoms with van der Waals surface area (Å²) in [5, 5.41) is 13.4. The molecule has 0 radical (unpaired) electrons. The highest BCUT2D eigenvalue weighted by Crippen LogP contribution is 2.29. The maximum atomic E-state index is 9.36. The number of pyridine rings is 1. The van der Waals surface area contributed by atoms with Gasteiger partial charge in [0.1, 0.15) is 5.82 Å². The van der Waals surface area contributed by atoms with E-state index in [2.05, 4.69) is 26.2 Å². The summed E-state index contributed by atoms with van der Waals surface area (Å²) >= 11 is 9.30. The Morgan fingerprint density at radius 2 is 2.24 bits per heavy atom. The Morgan fingerprint density at radius 1 is 1.47 bits per heavy atom. The third-order valence-electron chi connectivity index (χ3n) is 3.27. The van der Waals surface area contributed by atoms with Crippen LogP contribution in [-0.4, -0.2) is 22.7 Å². The summed E-state index contributed by atoms with van der Waals surface area (Å²) in [7, 11) is 0. The Labute approximate surface area is 115 Å². The average Bonchev–Trinajstić information content (AvgIpc) is 2.33. The van der Waals surface area contributed by atoms with Crippen LogP contribution in [0.1, 0.15) is 25.7 Å². The number of halogens is 2. The molecule has 1 aromatic heterocycles. The Kier molecular flexibility index (Phi) is 4.65. The average molecular weight is 320 g/mol. The number of hydrogen-bond acceptors (Lipinski definition) is 3. The molecule has 2 atom stereocenters. The fourth-order valence-corrected chi connectivity index (χ4v) is 3.07. The molecular weight excluding hydrogens is 304 g/mol. The maximum Gasteiger partial charge on any atom is 0.140 e. The van der Waals surface area contributed by atoms with Gasteiger partial charge in [-0.2, -0.15) is 0 Å². The van der Waals surface area contributed by atoms with Crippen molar-refractivity contribution < 1.29 is 5.11 Å². The van der Waals surface area contributed by atoms with Gasteiger partial charge >= 0.3 is 0 Å². The molecule has 1 fully saturated rings. The summed E-state index contributed by atoms with van der Waals surface area (Å²) in [5.74, 6) is 1.13. The highest BCUT2D eigenvalue weighted by Gasteiger charge is 2.25. The standard InChI is InChI=1S/C12H16BrClN2O/c13-10-5-9(14)6-15-12(10)16-11-4-2-1-3-8(11)7-17/h5-6,8,11,17H,1-4,7H2,(H,15,16). The first kappa shape index (κ1) is 13.1. The first-order valence-corrected chi connectivity index (χ1v) is 7.06. The van der Waals surface area contributed by atoms with Gasteiger partial charge in [0.25, 0.3) is 0 Å². The normalized spacial score (nSPS) is 24.6. The van der Waals surface area contributed by atoms with Crippen LogP contribution < -0.4 is 5.32 Å². The summed E-state index contributed by atoms with van der Waals surface area (Å²) in [5.41, 5.74) is 0.